The van der Waals surface area contributed by atoms with Crippen LogP contribution in [0.1, 0.15) is 30.7 Å². The van der Waals surface area contributed by atoms with E-state index in [1.165, 1.54) is 0 Å². The van der Waals surface area contributed by atoms with Crippen LogP contribution in [-0.4, -0.2) is 33.1 Å². The summed E-state index contributed by atoms with van der Waals surface area (Å²) in [6, 6.07) is 5.74. The van der Waals surface area contributed by atoms with Crippen LogP contribution in [0.25, 0.3) is 11.4 Å². The second-order valence-corrected chi connectivity index (χ2v) is 6.53. The van der Waals surface area contributed by atoms with Crippen molar-refractivity contribution in [3.63, 3.8) is 0 Å². The number of aliphatic hydroxyl groups is 1. The highest BCUT2D eigenvalue weighted by Gasteiger charge is 2.38. The minimum absolute atomic E-state index is 0.244. The van der Waals surface area contributed by atoms with E-state index in [9.17, 15) is 9.90 Å². The number of hydrogen-bond acceptors (Lipinski definition) is 5. The smallest absolute Gasteiger partial charge is 0.251 e. The fraction of sp³-hybridized carbons (Fsp3) is 0.438. The van der Waals surface area contributed by atoms with Crippen LogP contribution in [0, 0.1) is 0 Å². The van der Waals surface area contributed by atoms with Crippen molar-refractivity contribution in [1.29, 1.82) is 0 Å². The molecule has 2 N–H and O–H groups in total. The molecule has 22 heavy (non-hydrogen) atoms. The summed E-state index contributed by atoms with van der Waals surface area (Å²) in [5.41, 5.74) is 0.567. The largest absolute Gasteiger partial charge is 0.380 e. The summed E-state index contributed by atoms with van der Waals surface area (Å²) in [6.45, 7) is 0.496. The van der Waals surface area contributed by atoms with Crippen molar-refractivity contribution in [2.75, 3.05) is 6.54 Å². The Morgan fingerprint density at radius 2 is 2.14 bits per heavy atom. The number of carbonyl (C=O) groups is 1. The first kappa shape index (κ1) is 15.1. The zero-order chi connectivity index (χ0) is 15.4. The SMILES string of the molecule is O=C(NCCc1nc(-c2ccccn2)cs1)C1(O)CCCC1. The van der Waals surface area contributed by atoms with Gasteiger partial charge in [-0.25, -0.2) is 4.98 Å². The lowest BCUT2D eigenvalue weighted by Crippen LogP contribution is -2.45. The van der Waals surface area contributed by atoms with Crippen molar-refractivity contribution in [3.05, 3.63) is 34.8 Å². The molecule has 6 heteroatoms. The van der Waals surface area contributed by atoms with Crippen molar-refractivity contribution >= 4 is 17.2 Å². The number of hydrogen-bond donors (Lipinski definition) is 2. The van der Waals surface area contributed by atoms with Crippen molar-refractivity contribution in [3.8, 4) is 11.4 Å². The van der Waals surface area contributed by atoms with Gasteiger partial charge in [0, 0.05) is 24.5 Å². The maximum absolute atomic E-state index is 12.0. The maximum atomic E-state index is 12.0. The lowest BCUT2D eigenvalue weighted by Gasteiger charge is -2.20. The Balaban J connectivity index is 1.52. The Hall–Kier alpha value is -1.79. The number of carbonyl (C=O) groups excluding carboxylic acids is 1. The summed E-state index contributed by atoms with van der Waals surface area (Å²) in [5, 5.41) is 15.9. The number of nitrogens with one attached hydrogen (secondary N) is 1. The van der Waals surface area contributed by atoms with E-state index in [4.69, 9.17) is 0 Å². The lowest BCUT2D eigenvalue weighted by atomic mass is 10.0. The molecule has 0 aromatic carbocycles. The molecule has 0 saturated heterocycles. The molecule has 0 atom stereocenters. The summed E-state index contributed by atoms with van der Waals surface area (Å²) in [6.07, 6.45) is 5.39. The van der Waals surface area contributed by atoms with E-state index >= 15 is 0 Å². The van der Waals surface area contributed by atoms with Gasteiger partial charge >= 0.3 is 0 Å². The molecule has 0 aliphatic heterocycles. The van der Waals surface area contributed by atoms with Crippen molar-refractivity contribution in [1.82, 2.24) is 15.3 Å². The van der Waals surface area contributed by atoms with E-state index in [2.05, 4.69) is 15.3 Å². The van der Waals surface area contributed by atoms with Crippen LogP contribution in [-0.2, 0) is 11.2 Å². The van der Waals surface area contributed by atoms with Gasteiger partial charge in [-0.15, -0.1) is 11.3 Å². The first-order valence-corrected chi connectivity index (χ1v) is 8.42. The fourth-order valence-corrected chi connectivity index (χ4v) is 3.48. The third kappa shape index (κ3) is 3.34. The minimum Gasteiger partial charge on any atom is -0.380 e. The van der Waals surface area contributed by atoms with E-state index in [1.54, 1.807) is 17.5 Å². The number of nitrogens with zero attached hydrogens (tertiary/aromatic N) is 2. The van der Waals surface area contributed by atoms with Gasteiger partial charge in [0.15, 0.2) is 0 Å². The van der Waals surface area contributed by atoms with Gasteiger partial charge in [0.05, 0.1) is 16.4 Å². The molecule has 0 bridgehead atoms. The summed E-state index contributed by atoms with van der Waals surface area (Å²) in [5.74, 6) is -0.244. The molecule has 0 spiro atoms. The highest BCUT2D eigenvalue weighted by molar-refractivity contribution is 7.09. The minimum atomic E-state index is -1.15. The van der Waals surface area contributed by atoms with Gasteiger partial charge in [-0.1, -0.05) is 6.07 Å². The summed E-state index contributed by atoms with van der Waals surface area (Å²) in [4.78, 5) is 20.8. The molecule has 0 unspecified atom stereocenters. The van der Waals surface area contributed by atoms with Crippen LogP contribution in [0.4, 0.5) is 0 Å². The Morgan fingerprint density at radius 1 is 1.32 bits per heavy atom. The number of thiazole rings is 1. The van der Waals surface area contributed by atoms with Gasteiger partial charge in [-0.2, -0.15) is 0 Å². The number of aromatic nitrogens is 2. The average molecular weight is 317 g/mol. The second-order valence-electron chi connectivity index (χ2n) is 5.59. The number of amides is 1. The van der Waals surface area contributed by atoms with Crippen molar-refractivity contribution < 1.29 is 9.90 Å². The van der Waals surface area contributed by atoms with E-state index in [-0.39, 0.29) is 5.91 Å². The van der Waals surface area contributed by atoms with E-state index < -0.39 is 5.60 Å². The van der Waals surface area contributed by atoms with Crippen LogP contribution in [0.3, 0.4) is 0 Å². The van der Waals surface area contributed by atoms with Gasteiger partial charge < -0.3 is 10.4 Å². The Kier molecular flexibility index (Phi) is 4.49. The molecule has 1 amide bonds. The van der Waals surface area contributed by atoms with Gasteiger partial charge in [-0.05, 0) is 37.8 Å². The van der Waals surface area contributed by atoms with Crippen LogP contribution in [0.15, 0.2) is 29.8 Å². The molecule has 5 nitrogen and oxygen atoms in total. The predicted octanol–water partition coefficient (Wildman–Crippen LogP) is 2.17. The van der Waals surface area contributed by atoms with E-state index in [1.807, 2.05) is 23.6 Å². The summed E-state index contributed by atoms with van der Waals surface area (Å²) >= 11 is 1.56. The monoisotopic (exact) mass is 317 g/mol. The zero-order valence-electron chi connectivity index (χ0n) is 12.3. The Labute approximate surface area is 133 Å². The maximum Gasteiger partial charge on any atom is 0.251 e. The van der Waals surface area contributed by atoms with Gasteiger partial charge in [0.2, 0.25) is 0 Å². The molecule has 3 rings (SSSR count). The molecule has 0 radical (unpaired) electrons. The van der Waals surface area contributed by atoms with Gasteiger partial charge in [-0.3, -0.25) is 9.78 Å². The topological polar surface area (TPSA) is 75.1 Å². The summed E-state index contributed by atoms with van der Waals surface area (Å²) in [7, 11) is 0. The molecule has 1 aliphatic rings. The third-order valence-corrected chi connectivity index (χ3v) is 4.87. The number of rotatable bonds is 5. The van der Waals surface area contributed by atoms with Crippen molar-refractivity contribution in [2.45, 2.75) is 37.7 Å². The predicted molar refractivity (Wildman–Crippen MR) is 85.5 cm³/mol. The van der Waals surface area contributed by atoms with Gasteiger partial charge in [0.1, 0.15) is 5.60 Å². The lowest BCUT2D eigenvalue weighted by molar-refractivity contribution is -0.139. The van der Waals surface area contributed by atoms with Crippen LogP contribution in [0.5, 0.6) is 0 Å². The number of pyridine rings is 1. The summed E-state index contributed by atoms with van der Waals surface area (Å²) < 4.78 is 0. The normalized spacial score (nSPS) is 16.6. The van der Waals surface area contributed by atoms with Crippen LogP contribution >= 0.6 is 11.3 Å². The molecule has 1 fully saturated rings. The average Bonchev–Trinajstić information content (AvgIpc) is 3.18. The third-order valence-electron chi connectivity index (χ3n) is 3.96. The molecular weight excluding hydrogens is 298 g/mol. The highest BCUT2D eigenvalue weighted by Crippen LogP contribution is 2.29. The van der Waals surface area contributed by atoms with Crippen molar-refractivity contribution in [2.24, 2.45) is 0 Å². The van der Waals surface area contributed by atoms with Crippen LogP contribution in [0.2, 0.25) is 0 Å². The molecular formula is C16H19N3O2S. The van der Waals surface area contributed by atoms with E-state index in [0.717, 1.165) is 29.2 Å². The quantitative estimate of drug-likeness (QED) is 0.886. The first-order chi connectivity index (χ1) is 10.7. The highest BCUT2D eigenvalue weighted by atomic mass is 32.1. The standard InChI is InChI=1S/C16H19N3O2S/c20-15(16(21)7-2-3-8-16)18-10-6-14-19-13(11-22-14)12-5-1-4-9-17-12/h1,4-5,9,11,21H,2-3,6-8,10H2,(H,18,20). The molecule has 1 aliphatic carbocycles. The Morgan fingerprint density at radius 3 is 2.86 bits per heavy atom. The molecule has 116 valence electrons. The van der Waals surface area contributed by atoms with Gasteiger partial charge in [0.25, 0.3) is 5.91 Å². The first-order valence-electron chi connectivity index (χ1n) is 7.54. The molecule has 1 saturated carbocycles. The fourth-order valence-electron chi connectivity index (χ4n) is 2.69. The molecule has 2 heterocycles. The van der Waals surface area contributed by atoms with E-state index in [0.29, 0.717) is 25.8 Å². The zero-order valence-corrected chi connectivity index (χ0v) is 13.1. The van der Waals surface area contributed by atoms with Crippen LogP contribution < -0.4 is 5.32 Å². The Bertz CT molecular complexity index is 636. The molecule has 2 aromatic rings. The molecule has 2 aromatic heterocycles. The second kappa shape index (κ2) is 6.54.